The van der Waals surface area contributed by atoms with Gasteiger partial charge in [-0.25, -0.2) is 4.98 Å². The van der Waals surface area contributed by atoms with E-state index in [2.05, 4.69) is 23.3 Å². The van der Waals surface area contributed by atoms with Crippen molar-refractivity contribution in [2.24, 2.45) is 0 Å². The number of rotatable bonds is 8. The highest BCUT2D eigenvalue weighted by atomic mass is 16.5. The van der Waals surface area contributed by atoms with Gasteiger partial charge in [0.15, 0.2) is 0 Å². The Hall–Kier alpha value is -2.79. The van der Waals surface area contributed by atoms with Crippen molar-refractivity contribution < 1.29 is 9.84 Å². The minimum Gasteiger partial charge on any atom is -0.490 e. The molecule has 0 amide bonds. The molecule has 3 rings (SSSR count). The molecular weight excluding hydrogens is 314 g/mol. The van der Waals surface area contributed by atoms with Crippen LogP contribution < -0.4 is 10.1 Å². The molecule has 0 aliphatic carbocycles. The van der Waals surface area contributed by atoms with E-state index in [1.807, 2.05) is 53.2 Å². The van der Waals surface area contributed by atoms with Crippen LogP contribution in [0.25, 0.3) is 0 Å². The Bertz CT molecular complexity index is 787. The average Bonchev–Trinajstić information content (AvgIpc) is 3.16. The minimum absolute atomic E-state index is 0.0501. The Morgan fingerprint density at radius 3 is 2.88 bits per heavy atom. The van der Waals surface area contributed by atoms with Crippen molar-refractivity contribution in [1.29, 1.82) is 0 Å². The molecule has 2 aromatic carbocycles. The number of nitrogens with one attached hydrogen (secondary N) is 1. The first kappa shape index (κ1) is 17.0. The molecule has 0 saturated heterocycles. The second-order valence-electron chi connectivity index (χ2n) is 5.91. The highest BCUT2D eigenvalue weighted by Gasteiger charge is 2.09. The number of aliphatic hydroxyl groups is 1. The van der Waals surface area contributed by atoms with E-state index in [9.17, 15) is 5.11 Å². The van der Waals surface area contributed by atoms with Gasteiger partial charge in [0.2, 0.25) is 0 Å². The number of nitrogens with zero attached hydrogens (tertiary/aromatic N) is 2. The molecule has 0 aliphatic rings. The number of hydrogen-bond donors (Lipinski definition) is 2. The molecule has 2 N–H and O–H groups in total. The monoisotopic (exact) mass is 337 g/mol. The standard InChI is InChI=1S/C20H23N3O2/c1-16(18-6-4-5-17(13-18)14-24)22-19-7-2-3-8-20(19)25-12-11-23-10-9-21-15-23/h2-10,13,15-16,22,24H,11-12,14H2,1H3. The second-order valence-corrected chi connectivity index (χ2v) is 5.91. The smallest absolute Gasteiger partial charge is 0.142 e. The van der Waals surface area contributed by atoms with E-state index in [0.717, 1.165) is 29.1 Å². The van der Waals surface area contributed by atoms with Crippen LogP contribution in [-0.2, 0) is 13.2 Å². The molecular formula is C20H23N3O2. The molecule has 0 aliphatic heterocycles. The first-order chi connectivity index (χ1) is 12.3. The predicted octanol–water partition coefficient (Wildman–Crippen LogP) is 3.63. The van der Waals surface area contributed by atoms with Crippen LogP contribution in [0.4, 0.5) is 5.69 Å². The Morgan fingerprint density at radius 1 is 1.20 bits per heavy atom. The summed E-state index contributed by atoms with van der Waals surface area (Å²) < 4.78 is 7.93. The first-order valence-corrected chi connectivity index (χ1v) is 8.40. The summed E-state index contributed by atoms with van der Waals surface area (Å²) in [5.74, 6) is 0.827. The zero-order valence-corrected chi connectivity index (χ0v) is 14.3. The number of para-hydroxylation sites is 2. The summed E-state index contributed by atoms with van der Waals surface area (Å²) >= 11 is 0. The number of benzene rings is 2. The molecule has 25 heavy (non-hydrogen) atoms. The molecule has 3 aromatic rings. The molecule has 1 aromatic heterocycles. The SMILES string of the molecule is CC(Nc1ccccc1OCCn1ccnc1)c1cccc(CO)c1. The maximum atomic E-state index is 9.31. The van der Waals surface area contributed by atoms with Gasteiger partial charge in [-0.3, -0.25) is 0 Å². The lowest BCUT2D eigenvalue weighted by Gasteiger charge is -2.19. The van der Waals surface area contributed by atoms with Crippen LogP contribution in [0, 0.1) is 0 Å². The summed E-state index contributed by atoms with van der Waals surface area (Å²) in [7, 11) is 0. The fraction of sp³-hybridized carbons (Fsp3) is 0.250. The normalized spacial score (nSPS) is 11.9. The number of hydrogen-bond acceptors (Lipinski definition) is 4. The average molecular weight is 337 g/mol. The summed E-state index contributed by atoms with van der Waals surface area (Å²) in [5.41, 5.74) is 2.99. The van der Waals surface area contributed by atoms with Crippen molar-refractivity contribution in [2.45, 2.75) is 26.1 Å². The fourth-order valence-corrected chi connectivity index (χ4v) is 2.67. The van der Waals surface area contributed by atoms with Crippen LogP contribution in [-0.4, -0.2) is 21.3 Å². The van der Waals surface area contributed by atoms with Crippen molar-refractivity contribution >= 4 is 5.69 Å². The van der Waals surface area contributed by atoms with Crippen molar-refractivity contribution in [1.82, 2.24) is 9.55 Å². The summed E-state index contributed by atoms with van der Waals surface area (Å²) in [6, 6.07) is 16.0. The summed E-state index contributed by atoms with van der Waals surface area (Å²) in [5, 5.41) is 12.8. The third kappa shape index (κ3) is 4.61. The number of anilines is 1. The van der Waals surface area contributed by atoms with Gasteiger partial charge in [-0.15, -0.1) is 0 Å². The van der Waals surface area contributed by atoms with Gasteiger partial charge in [-0.1, -0.05) is 36.4 Å². The van der Waals surface area contributed by atoms with Gasteiger partial charge in [0.25, 0.3) is 0 Å². The third-order valence-corrected chi connectivity index (χ3v) is 4.06. The highest BCUT2D eigenvalue weighted by Crippen LogP contribution is 2.28. The molecule has 1 heterocycles. The zero-order valence-electron chi connectivity index (χ0n) is 14.3. The lowest BCUT2D eigenvalue weighted by molar-refractivity contribution is 0.281. The van der Waals surface area contributed by atoms with Gasteiger partial charge in [0, 0.05) is 18.4 Å². The molecule has 0 fully saturated rings. The van der Waals surface area contributed by atoms with Crippen LogP contribution in [0.5, 0.6) is 5.75 Å². The van der Waals surface area contributed by atoms with Crippen LogP contribution in [0.15, 0.2) is 67.3 Å². The van der Waals surface area contributed by atoms with Crippen molar-refractivity contribution in [2.75, 3.05) is 11.9 Å². The number of imidazole rings is 1. The van der Waals surface area contributed by atoms with Crippen molar-refractivity contribution in [3.63, 3.8) is 0 Å². The maximum Gasteiger partial charge on any atom is 0.142 e. The van der Waals surface area contributed by atoms with Crippen LogP contribution in [0.1, 0.15) is 24.1 Å². The van der Waals surface area contributed by atoms with Gasteiger partial charge < -0.3 is 19.7 Å². The summed E-state index contributed by atoms with van der Waals surface area (Å²) in [6.07, 6.45) is 5.46. The van der Waals surface area contributed by atoms with Gasteiger partial charge in [-0.05, 0) is 30.2 Å². The Labute approximate surface area is 147 Å². The van der Waals surface area contributed by atoms with Crippen LogP contribution in [0.2, 0.25) is 0 Å². The van der Waals surface area contributed by atoms with E-state index in [4.69, 9.17) is 4.74 Å². The van der Waals surface area contributed by atoms with Gasteiger partial charge in [0.1, 0.15) is 12.4 Å². The lowest BCUT2D eigenvalue weighted by atomic mass is 10.1. The molecule has 1 atom stereocenters. The summed E-state index contributed by atoms with van der Waals surface area (Å²) in [4.78, 5) is 4.03. The minimum atomic E-state index is 0.0501. The van der Waals surface area contributed by atoms with E-state index < -0.39 is 0 Å². The topological polar surface area (TPSA) is 59.3 Å². The molecule has 0 bridgehead atoms. The molecule has 5 nitrogen and oxygen atoms in total. The van der Waals surface area contributed by atoms with E-state index in [-0.39, 0.29) is 12.6 Å². The first-order valence-electron chi connectivity index (χ1n) is 8.40. The van der Waals surface area contributed by atoms with Gasteiger partial charge in [0.05, 0.1) is 25.2 Å². The quantitative estimate of drug-likeness (QED) is 0.659. The fourth-order valence-electron chi connectivity index (χ4n) is 2.67. The Morgan fingerprint density at radius 2 is 2.08 bits per heavy atom. The maximum absolute atomic E-state index is 9.31. The molecule has 5 heteroatoms. The molecule has 0 radical (unpaired) electrons. The predicted molar refractivity (Wildman–Crippen MR) is 98.6 cm³/mol. The zero-order chi connectivity index (χ0) is 17.5. The van der Waals surface area contributed by atoms with Crippen molar-refractivity contribution in [3.05, 3.63) is 78.4 Å². The molecule has 130 valence electrons. The van der Waals surface area contributed by atoms with Crippen LogP contribution in [0.3, 0.4) is 0 Å². The van der Waals surface area contributed by atoms with Gasteiger partial charge >= 0.3 is 0 Å². The third-order valence-electron chi connectivity index (χ3n) is 4.06. The van der Waals surface area contributed by atoms with E-state index in [0.29, 0.717) is 6.61 Å². The number of aliphatic hydroxyl groups excluding tert-OH is 1. The van der Waals surface area contributed by atoms with Crippen molar-refractivity contribution in [3.8, 4) is 5.75 Å². The van der Waals surface area contributed by atoms with E-state index in [1.165, 1.54) is 0 Å². The molecule has 0 spiro atoms. The largest absolute Gasteiger partial charge is 0.490 e. The number of ether oxygens (including phenoxy) is 1. The van der Waals surface area contributed by atoms with E-state index in [1.54, 1.807) is 12.5 Å². The Balaban J connectivity index is 1.65. The van der Waals surface area contributed by atoms with Gasteiger partial charge in [-0.2, -0.15) is 0 Å². The molecule has 0 saturated carbocycles. The molecule has 1 unspecified atom stereocenters. The Kier molecular flexibility index (Phi) is 5.69. The summed E-state index contributed by atoms with van der Waals surface area (Å²) in [6.45, 7) is 3.47. The van der Waals surface area contributed by atoms with Crippen LogP contribution >= 0.6 is 0 Å². The van der Waals surface area contributed by atoms with E-state index >= 15 is 0 Å². The second kappa shape index (κ2) is 8.35. The lowest BCUT2D eigenvalue weighted by Crippen LogP contribution is -2.11. The highest BCUT2D eigenvalue weighted by molar-refractivity contribution is 5.57. The number of aromatic nitrogens is 2.